The predicted molar refractivity (Wildman–Crippen MR) is 132 cm³/mol. The number of hydrogen-bond acceptors (Lipinski definition) is 6. The Bertz CT molecular complexity index is 1360. The van der Waals surface area contributed by atoms with E-state index in [2.05, 4.69) is 4.90 Å². The van der Waals surface area contributed by atoms with Gasteiger partial charge in [0.15, 0.2) is 11.2 Å². The van der Waals surface area contributed by atoms with Gasteiger partial charge in [0.2, 0.25) is 11.9 Å². The standard InChI is InChI=1S/C24H31N7O3/c1-15(2)11-13-30-19-21(27-23(30)29-12-7-10-17(25)14-29)28(3)24(34)31(22(19)33)18(20(26)32)16-8-5-4-6-9-16/h4-6,8-9,11,17-18H,7,10,12-14,25H2,1-3H3,(H2,26,32). The van der Waals surface area contributed by atoms with E-state index in [4.69, 9.17) is 16.5 Å². The van der Waals surface area contributed by atoms with E-state index in [-0.39, 0.29) is 17.2 Å². The number of hydrogen-bond donors (Lipinski definition) is 2. The van der Waals surface area contributed by atoms with Crippen LogP contribution in [0.4, 0.5) is 5.95 Å². The van der Waals surface area contributed by atoms with Crippen molar-refractivity contribution in [3.8, 4) is 0 Å². The van der Waals surface area contributed by atoms with Gasteiger partial charge >= 0.3 is 5.69 Å². The number of fused-ring (bicyclic) bond motifs is 1. The molecule has 0 radical (unpaired) electrons. The van der Waals surface area contributed by atoms with E-state index in [0.717, 1.165) is 29.5 Å². The number of nitrogens with two attached hydrogens (primary N) is 2. The van der Waals surface area contributed by atoms with Crippen molar-refractivity contribution in [2.45, 2.75) is 45.3 Å². The van der Waals surface area contributed by atoms with Crippen molar-refractivity contribution in [2.75, 3.05) is 18.0 Å². The van der Waals surface area contributed by atoms with Crippen LogP contribution in [0.2, 0.25) is 0 Å². The highest BCUT2D eigenvalue weighted by molar-refractivity contribution is 5.82. The van der Waals surface area contributed by atoms with E-state index in [1.807, 2.05) is 24.5 Å². The third kappa shape index (κ3) is 4.16. The second kappa shape index (κ2) is 9.30. The Morgan fingerprint density at radius 1 is 1.24 bits per heavy atom. The van der Waals surface area contributed by atoms with Crippen molar-refractivity contribution in [1.82, 2.24) is 18.7 Å². The summed E-state index contributed by atoms with van der Waals surface area (Å²) in [4.78, 5) is 46.5. The molecule has 0 spiro atoms. The zero-order valence-electron chi connectivity index (χ0n) is 19.8. The first-order chi connectivity index (χ1) is 16.2. The number of piperidine rings is 1. The smallest absolute Gasteiger partial charge is 0.333 e. The summed E-state index contributed by atoms with van der Waals surface area (Å²) in [5, 5.41) is 0. The lowest BCUT2D eigenvalue weighted by Gasteiger charge is -2.31. The molecule has 180 valence electrons. The Hall–Kier alpha value is -3.66. The molecule has 1 fully saturated rings. The Balaban J connectivity index is 2.03. The Labute approximate surface area is 197 Å². The van der Waals surface area contributed by atoms with Crippen LogP contribution in [-0.2, 0) is 18.4 Å². The van der Waals surface area contributed by atoms with Crippen LogP contribution in [0, 0.1) is 0 Å². The molecule has 4 rings (SSSR count). The average Bonchev–Trinajstić information content (AvgIpc) is 3.19. The monoisotopic (exact) mass is 465 g/mol. The van der Waals surface area contributed by atoms with Gasteiger partial charge in [0.05, 0.1) is 0 Å². The van der Waals surface area contributed by atoms with Gasteiger partial charge in [0.25, 0.3) is 5.56 Å². The number of benzene rings is 1. The van der Waals surface area contributed by atoms with E-state index < -0.39 is 23.2 Å². The molecule has 0 saturated carbocycles. The van der Waals surface area contributed by atoms with Gasteiger partial charge < -0.3 is 20.9 Å². The van der Waals surface area contributed by atoms with Crippen molar-refractivity contribution >= 4 is 23.0 Å². The fraction of sp³-hybridized carbons (Fsp3) is 0.417. The molecule has 2 aromatic heterocycles. The number of aromatic nitrogens is 4. The molecule has 34 heavy (non-hydrogen) atoms. The van der Waals surface area contributed by atoms with Crippen LogP contribution in [0.25, 0.3) is 11.2 Å². The van der Waals surface area contributed by atoms with Crippen molar-refractivity contribution in [2.24, 2.45) is 18.5 Å². The lowest BCUT2D eigenvalue weighted by atomic mass is 10.1. The lowest BCUT2D eigenvalue weighted by Crippen LogP contribution is -2.46. The number of allylic oxidation sites excluding steroid dienone is 2. The molecule has 2 unspecified atom stereocenters. The quantitative estimate of drug-likeness (QED) is 0.519. The molecular formula is C24H31N7O3. The van der Waals surface area contributed by atoms with Crippen molar-refractivity contribution in [1.29, 1.82) is 0 Å². The van der Waals surface area contributed by atoms with Crippen LogP contribution in [0.5, 0.6) is 0 Å². The number of anilines is 1. The maximum absolute atomic E-state index is 13.9. The maximum Gasteiger partial charge on any atom is 0.333 e. The van der Waals surface area contributed by atoms with Crippen molar-refractivity contribution in [3.05, 3.63) is 68.4 Å². The minimum Gasteiger partial charge on any atom is -0.368 e. The van der Waals surface area contributed by atoms with Crippen LogP contribution in [-0.4, -0.2) is 43.7 Å². The lowest BCUT2D eigenvalue weighted by molar-refractivity contribution is -0.120. The molecule has 10 nitrogen and oxygen atoms in total. The summed E-state index contributed by atoms with van der Waals surface area (Å²) in [5.41, 5.74) is 12.7. The number of nitrogens with zero attached hydrogens (tertiary/aromatic N) is 5. The van der Waals surface area contributed by atoms with Crippen LogP contribution in [0.3, 0.4) is 0 Å². The summed E-state index contributed by atoms with van der Waals surface area (Å²) >= 11 is 0. The maximum atomic E-state index is 13.9. The van der Waals surface area contributed by atoms with Crippen LogP contribution in [0.15, 0.2) is 51.6 Å². The second-order valence-corrected chi connectivity index (χ2v) is 9.06. The zero-order valence-corrected chi connectivity index (χ0v) is 19.8. The number of imidazole rings is 1. The largest absolute Gasteiger partial charge is 0.368 e. The van der Waals surface area contributed by atoms with Crippen molar-refractivity contribution in [3.63, 3.8) is 0 Å². The summed E-state index contributed by atoms with van der Waals surface area (Å²) in [7, 11) is 1.55. The van der Waals surface area contributed by atoms with Gasteiger partial charge in [-0.3, -0.25) is 14.2 Å². The van der Waals surface area contributed by atoms with E-state index in [9.17, 15) is 14.4 Å². The van der Waals surface area contributed by atoms with Gasteiger partial charge in [-0.15, -0.1) is 0 Å². The molecule has 1 aromatic carbocycles. The SMILES string of the molecule is CC(C)=CCn1c(N2CCCC(N)C2)nc2c1c(=O)n(C(C(N)=O)c1ccccc1)c(=O)n2C. The van der Waals surface area contributed by atoms with Crippen LogP contribution in [0.1, 0.15) is 38.3 Å². The predicted octanol–water partition coefficient (Wildman–Crippen LogP) is 0.865. The highest BCUT2D eigenvalue weighted by Crippen LogP contribution is 2.24. The Morgan fingerprint density at radius 2 is 1.94 bits per heavy atom. The highest BCUT2D eigenvalue weighted by atomic mass is 16.2. The minimum atomic E-state index is -1.24. The topological polar surface area (TPSA) is 134 Å². The van der Waals surface area contributed by atoms with Gasteiger partial charge in [-0.2, -0.15) is 4.98 Å². The average molecular weight is 466 g/mol. The molecule has 4 N–H and O–H groups in total. The van der Waals surface area contributed by atoms with Crippen LogP contribution < -0.4 is 27.6 Å². The summed E-state index contributed by atoms with van der Waals surface area (Å²) in [5.74, 6) is -0.204. The number of carbonyl (C=O) groups is 1. The normalized spacial score (nSPS) is 17.1. The summed E-state index contributed by atoms with van der Waals surface area (Å²) in [6.45, 7) is 5.69. The molecule has 1 aliphatic heterocycles. The van der Waals surface area contributed by atoms with Gasteiger partial charge in [-0.25, -0.2) is 9.36 Å². The number of carbonyl (C=O) groups excluding carboxylic acids is 1. The summed E-state index contributed by atoms with van der Waals surface area (Å²) in [6, 6.07) is 7.36. The third-order valence-electron chi connectivity index (χ3n) is 6.23. The Morgan fingerprint density at radius 3 is 2.56 bits per heavy atom. The number of primary amides is 1. The highest BCUT2D eigenvalue weighted by Gasteiger charge is 2.30. The summed E-state index contributed by atoms with van der Waals surface area (Å²) in [6.07, 6.45) is 3.83. The van der Waals surface area contributed by atoms with Gasteiger partial charge in [-0.1, -0.05) is 42.0 Å². The second-order valence-electron chi connectivity index (χ2n) is 9.06. The van der Waals surface area contributed by atoms with E-state index >= 15 is 0 Å². The molecule has 2 atom stereocenters. The molecule has 0 aliphatic carbocycles. The number of aryl methyl sites for hydroxylation is 1. The number of amides is 1. The molecule has 10 heteroatoms. The first-order valence-corrected chi connectivity index (χ1v) is 11.4. The number of rotatable bonds is 6. The Kier molecular flexibility index (Phi) is 6.43. The van der Waals surface area contributed by atoms with Crippen LogP contribution >= 0.6 is 0 Å². The fourth-order valence-corrected chi connectivity index (χ4v) is 4.51. The third-order valence-corrected chi connectivity index (χ3v) is 6.23. The molecule has 1 amide bonds. The van der Waals surface area contributed by atoms with Gasteiger partial charge in [-0.05, 0) is 32.3 Å². The zero-order chi connectivity index (χ0) is 24.6. The van der Waals surface area contributed by atoms with E-state index in [1.54, 1.807) is 37.4 Å². The van der Waals surface area contributed by atoms with E-state index in [0.29, 0.717) is 24.6 Å². The van der Waals surface area contributed by atoms with Crippen molar-refractivity contribution < 1.29 is 4.79 Å². The first-order valence-electron chi connectivity index (χ1n) is 11.4. The molecule has 1 aliphatic rings. The first kappa shape index (κ1) is 23.5. The molecule has 0 bridgehead atoms. The molecule has 1 saturated heterocycles. The molecule has 3 heterocycles. The van der Waals surface area contributed by atoms with Gasteiger partial charge in [0, 0.05) is 32.7 Å². The molecule has 3 aromatic rings. The summed E-state index contributed by atoms with van der Waals surface area (Å²) < 4.78 is 4.05. The van der Waals surface area contributed by atoms with Gasteiger partial charge in [0.1, 0.15) is 6.04 Å². The van der Waals surface area contributed by atoms with E-state index in [1.165, 1.54) is 4.57 Å². The fourth-order valence-electron chi connectivity index (χ4n) is 4.51. The molecular weight excluding hydrogens is 434 g/mol. The minimum absolute atomic E-state index is 0.00302.